The molecule has 12 nitrogen and oxygen atoms in total. The third-order valence-electron chi connectivity index (χ3n) is 6.37. The second-order valence-electron chi connectivity index (χ2n) is 12.6. The van der Waals surface area contributed by atoms with Crippen molar-refractivity contribution in [3.63, 3.8) is 0 Å². The maximum absolute atomic E-state index is 12.8. The first kappa shape index (κ1) is 36.7. The summed E-state index contributed by atoms with van der Waals surface area (Å²) >= 11 is 0. The Morgan fingerprint density at radius 2 is 1.44 bits per heavy atom. The quantitative estimate of drug-likeness (QED) is 0.128. The molecule has 0 bridgehead atoms. The number of benzene rings is 1. The summed E-state index contributed by atoms with van der Waals surface area (Å²) in [4.78, 5) is 74.3. The fraction of sp³-hybridized carbons (Fsp3) is 0.515. The molecule has 1 aliphatic carbocycles. The second kappa shape index (κ2) is 16.0. The molecular formula is C33H45N3O9. The number of hydrogen-bond donors (Lipinski definition) is 3. The Bertz CT molecular complexity index is 1330. The fourth-order valence-corrected chi connectivity index (χ4v) is 4.17. The molecule has 3 amide bonds. The highest BCUT2D eigenvalue weighted by Crippen LogP contribution is 2.42. The highest BCUT2D eigenvalue weighted by molar-refractivity contribution is 6.04. The van der Waals surface area contributed by atoms with Gasteiger partial charge in [-0.1, -0.05) is 18.6 Å². The van der Waals surface area contributed by atoms with Crippen molar-refractivity contribution in [2.45, 2.75) is 85.4 Å². The van der Waals surface area contributed by atoms with Crippen LogP contribution in [0.5, 0.6) is 0 Å². The van der Waals surface area contributed by atoms with E-state index in [1.54, 1.807) is 66.7 Å². The van der Waals surface area contributed by atoms with Gasteiger partial charge in [0.15, 0.2) is 0 Å². The average molecular weight is 628 g/mol. The Morgan fingerprint density at radius 3 is 1.98 bits per heavy atom. The van der Waals surface area contributed by atoms with Crippen molar-refractivity contribution in [2.24, 2.45) is 5.41 Å². The molecule has 0 atom stereocenters. The van der Waals surface area contributed by atoms with Crippen molar-refractivity contribution < 1.29 is 43.0 Å². The van der Waals surface area contributed by atoms with Crippen LogP contribution in [-0.4, -0.2) is 66.5 Å². The van der Waals surface area contributed by atoms with Gasteiger partial charge in [0.2, 0.25) is 17.7 Å². The Labute approximate surface area is 264 Å². The summed E-state index contributed by atoms with van der Waals surface area (Å²) in [6.07, 6.45) is 6.91. The monoisotopic (exact) mass is 627 g/mol. The van der Waals surface area contributed by atoms with Crippen LogP contribution in [0.2, 0.25) is 0 Å². The standard InChI is InChI=1S/C33H45N3O9/c1-8-43-30(42)33(17-9-18-33)29(41)35-21-26(38)34-19-16-25(37)36-24-20-22(11-14-27(39)44-31(2,3)4)10-12-23(24)13-15-28(40)45-32(5,6)7/h10-15,20H,8-9,16-19,21H2,1-7H3,(H,34,38)(H,35,41)(H,36,37)/b14-11+,15-13+. The molecule has 1 aliphatic rings. The van der Waals surface area contributed by atoms with Crippen molar-refractivity contribution in [1.82, 2.24) is 10.6 Å². The second-order valence-corrected chi connectivity index (χ2v) is 12.6. The number of ether oxygens (including phenoxy) is 3. The Morgan fingerprint density at radius 1 is 0.844 bits per heavy atom. The van der Waals surface area contributed by atoms with Crippen molar-refractivity contribution >= 4 is 53.5 Å². The van der Waals surface area contributed by atoms with Gasteiger partial charge in [-0.15, -0.1) is 0 Å². The van der Waals surface area contributed by atoms with Crippen LogP contribution in [-0.2, 0) is 43.0 Å². The summed E-state index contributed by atoms with van der Waals surface area (Å²) in [6, 6.07) is 5.00. The maximum atomic E-state index is 12.8. The number of carbonyl (C=O) groups is 6. The van der Waals surface area contributed by atoms with E-state index in [0.717, 1.165) is 6.42 Å². The van der Waals surface area contributed by atoms with Gasteiger partial charge in [0.1, 0.15) is 16.6 Å². The van der Waals surface area contributed by atoms with Gasteiger partial charge in [0.25, 0.3) is 0 Å². The maximum Gasteiger partial charge on any atom is 0.331 e. The summed E-state index contributed by atoms with van der Waals surface area (Å²) in [5, 5.41) is 7.82. The number of amides is 3. The zero-order valence-corrected chi connectivity index (χ0v) is 27.2. The predicted molar refractivity (Wildman–Crippen MR) is 168 cm³/mol. The highest BCUT2D eigenvalue weighted by Gasteiger charge is 2.52. The van der Waals surface area contributed by atoms with Gasteiger partial charge in [-0.05, 0) is 90.7 Å². The first-order chi connectivity index (χ1) is 20.9. The lowest BCUT2D eigenvalue weighted by Gasteiger charge is -2.37. The molecular weight excluding hydrogens is 582 g/mol. The molecule has 0 radical (unpaired) electrons. The minimum atomic E-state index is -1.25. The van der Waals surface area contributed by atoms with Crippen molar-refractivity contribution in [1.29, 1.82) is 0 Å². The number of anilines is 1. The molecule has 3 N–H and O–H groups in total. The Hall–Kier alpha value is -4.48. The highest BCUT2D eigenvalue weighted by atomic mass is 16.6. The third-order valence-corrected chi connectivity index (χ3v) is 6.37. The van der Waals surface area contributed by atoms with Crippen LogP contribution in [0.3, 0.4) is 0 Å². The Balaban J connectivity index is 2.02. The zero-order valence-electron chi connectivity index (χ0n) is 27.2. The van der Waals surface area contributed by atoms with Crippen molar-refractivity contribution in [2.75, 3.05) is 25.0 Å². The van der Waals surface area contributed by atoms with Crippen LogP contribution in [0.1, 0.15) is 85.3 Å². The summed E-state index contributed by atoms with van der Waals surface area (Å²) in [5.41, 5.74) is -1.14. The lowest BCUT2D eigenvalue weighted by Crippen LogP contribution is -2.53. The number of rotatable bonds is 13. The number of esters is 3. The van der Waals surface area contributed by atoms with Gasteiger partial charge < -0.3 is 30.2 Å². The topological polar surface area (TPSA) is 166 Å². The lowest BCUT2D eigenvalue weighted by atomic mass is 9.68. The van der Waals surface area contributed by atoms with Crippen molar-refractivity contribution in [3.05, 3.63) is 41.5 Å². The zero-order chi connectivity index (χ0) is 33.8. The molecule has 1 aromatic carbocycles. The molecule has 0 aromatic heterocycles. The molecule has 1 saturated carbocycles. The van der Waals surface area contributed by atoms with Crippen molar-refractivity contribution in [3.8, 4) is 0 Å². The molecule has 0 unspecified atom stereocenters. The largest absolute Gasteiger partial charge is 0.465 e. The van der Waals surface area contributed by atoms with E-state index in [0.29, 0.717) is 29.7 Å². The van der Waals surface area contributed by atoms with Gasteiger partial charge in [0, 0.05) is 30.8 Å². The fourth-order valence-electron chi connectivity index (χ4n) is 4.17. The summed E-state index contributed by atoms with van der Waals surface area (Å²) in [7, 11) is 0. The molecule has 0 heterocycles. The van der Waals surface area contributed by atoms with Gasteiger partial charge in [0.05, 0.1) is 13.2 Å². The molecule has 0 aliphatic heterocycles. The van der Waals surface area contributed by atoms with E-state index < -0.39 is 52.2 Å². The summed E-state index contributed by atoms with van der Waals surface area (Å²) in [5.74, 6) is -3.19. The Kier molecular flexibility index (Phi) is 13.1. The molecule has 0 saturated heterocycles. The van der Waals surface area contributed by atoms with E-state index >= 15 is 0 Å². The molecule has 1 fully saturated rings. The number of nitrogens with one attached hydrogen (secondary N) is 3. The van der Waals surface area contributed by atoms with Gasteiger partial charge in [-0.2, -0.15) is 0 Å². The van der Waals surface area contributed by atoms with E-state index in [4.69, 9.17) is 14.2 Å². The first-order valence-electron chi connectivity index (χ1n) is 14.9. The van der Waals surface area contributed by atoms with Crippen LogP contribution in [0, 0.1) is 5.41 Å². The molecule has 2 rings (SSSR count). The normalized spacial score (nSPS) is 14.3. The molecule has 1 aromatic rings. The first-order valence-corrected chi connectivity index (χ1v) is 14.9. The average Bonchev–Trinajstić information content (AvgIpc) is 2.87. The van der Waals surface area contributed by atoms with E-state index in [2.05, 4.69) is 16.0 Å². The van der Waals surface area contributed by atoms with Crippen LogP contribution >= 0.6 is 0 Å². The van der Waals surface area contributed by atoms with Crippen LogP contribution in [0.4, 0.5) is 5.69 Å². The van der Waals surface area contributed by atoms with E-state index in [-0.39, 0.29) is 26.1 Å². The van der Waals surface area contributed by atoms with Gasteiger partial charge in [-0.3, -0.25) is 19.2 Å². The third kappa shape index (κ3) is 12.6. The van der Waals surface area contributed by atoms with Crippen LogP contribution < -0.4 is 16.0 Å². The SMILES string of the molecule is CCOC(=O)C1(C(=O)NCC(=O)NCCC(=O)Nc2cc(/C=C/C(=O)OC(C)(C)C)ccc2/C=C/C(=O)OC(C)(C)C)CCC1. The van der Waals surface area contributed by atoms with Crippen LogP contribution in [0.25, 0.3) is 12.2 Å². The smallest absolute Gasteiger partial charge is 0.331 e. The molecule has 246 valence electrons. The van der Waals surface area contributed by atoms with E-state index in [1.807, 2.05) is 0 Å². The molecule has 45 heavy (non-hydrogen) atoms. The predicted octanol–water partition coefficient (Wildman–Crippen LogP) is 3.69. The molecule has 12 heteroatoms. The van der Waals surface area contributed by atoms with Crippen LogP contribution in [0.15, 0.2) is 30.4 Å². The number of carbonyl (C=O) groups excluding carboxylic acids is 6. The summed E-state index contributed by atoms with van der Waals surface area (Å²) < 4.78 is 15.6. The molecule has 0 spiro atoms. The number of hydrogen-bond acceptors (Lipinski definition) is 9. The minimum Gasteiger partial charge on any atom is -0.465 e. The van der Waals surface area contributed by atoms with E-state index in [1.165, 1.54) is 24.3 Å². The van der Waals surface area contributed by atoms with Gasteiger partial charge >= 0.3 is 17.9 Å². The lowest BCUT2D eigenvalue weighted by molar-refractivity contribution is -0.167. The van der Waals surface area contributed by atoms with E-state index in [9.17, 15) is 28.8 Å². The summed E-state index contributed by atoms with van der Waals surface area (Å²) in [6.45, 7) is 12.0. The minimum absolute atomic E-state index is 0.0229. The van der Waals surface area contributed by atoms with Gasteiger partial charge in [-0.25, -0.2) is 9.59 Å².